The molecule has 0 amide bonds. The second kappa shape index (κ2) is 7.87. The highest BCUT2D eigenvalue weighted by atomic mass is 16.5. The normalized spacial score (nSPS) is 10.8. The van der Waals surface area contributed by atoms with Crippen molar-refractivity contribution in [2.24, 2.45) is 5.92 Å². The van der Waals surface area contributed by atoms with E-state index in [0.29, 0.717) is 11.7 Å². The number of methoxy groups -OCH3 is 1. The van der Waals surface area contributed by atoms with Gasteiger partial charge in [0.05, 0.1) is 7.11 Å². The lowest BCUT2D eigenvalue weighted by Crippen LogP contribution is -2.07. The molecule has 0 unspecified atom stereocenters. The largest absolute Gasteiger partial charge is 0.504 e. The van der Waals surface area contributed by atoms with Crippen LogP contribution in [-0.2, 0) is 19.3 Å². The number of phenols is 1. The van der Waals surface area contributed by atoms with Crippen LogP contribution in [0.5, 0.6) is 11.5 Å². The molecule has 1 N–H and O–H groups in total. The Labute approximate surface area is 139 Å². The summed E-state index contributed by atoms with van der Waals surface area (Å²) in [7, 11) is 1.62. The van der Waals surface area contributed by atoms with Gasteiger partial charge in [-0.1, -0.05) is 50.3 Å². The van der Waals surface area contributed by atoms with Gasteiger partial charge in [-0.3, -0.25) is 0 Å². The van der Waals surface area contributed by atoms with Crippen LogP contribution < -0.4 is 4.74 Å². The Kier molecular flexibility index (Phi) is 5.86. The van der Waals surface area contributed by atoms with E-state index in [2.05, 4.69) is 32.6 Å². The zero-order chi connectivity index (χ0) is 16.8. The molecule has 2 nitrogen and oxygen atoms in total. The summed E-state index contributed by atoms with van der Waals surface area (Å²) in [6.07, 6.45) is 4.38. The van der Waals surface area contributed by atoms with Crippen LogP contribution in [0.25, 0.3) is 0 Å². The van der Waals surface area contributed by atoms with Crippen molar-refractivity contribution in [3.05, 3.63) is 71.3 Å². The molecule has 0 aliphatic rings. The molecule has 122 valence electrons. The van der Waals surface area contributed by atoms with Gasteiger partial charge >= 0.3 is 0 Å². The molecule has 2 aromatic carbocycles. The molecule has 0 heterocycles. The van der Waals surface area contributed by atoms with Crippen molar-refractivity contribution >= 4 is 0 Å². The Bertz CT molecular complexity index is 657. The third-order valence-corrected chi connectivity index (χ3v) is 3.97. The highest BCUT2D eigenvalue weighted by Crippen LogP contribution is 2.38. The third kappa shape index (κ3) is 4.16. The van der Waals surface area contributed by atoms with Crippen molar-refractivity contribution in [3.8, 4) is 11.5 Å². The smallest absolute Gasteiger partial charge is 0.163 e. The quantitative estimate of drug-likeness (QED) is 0.736. The van der Waals surface area contributed by atoms with E-state index in [1.165, 1.54) is 11.1 Å². The van der Waals surface area contributed by atoms with E-state index in [0.717, 1.165) is 30.4 Å². The second-order valence-electron chi connectivity index (χ2n) is 6.30. The average Bonchev–Trinajstić information content (AvgIpc) is 2.51. The number of allylic oxidation sites excluding steroid dienone is 1. The molecular weight excluding hydrogens is 284 g/mol. The number of benzene rings is 2. The summed E-state index contributed by atoms with van der Waals surface area (Å²) in [5.41, 5.74) is 4.71. The molecule has 2 aromatic rings. The Morgan fingerprint density at radius 2 is 1.87 bits per heavy atom. The van der Waals surface area contributed by atoms with Gasteiger partial charge in [0.25, 0.3) is 0 Å². The molecule has 23 heavy (non-hydrogen) atoms. The van der Waals surface area contributed by atoms with Gasteiger partial charge in [0, 0.05) is 5.56 Å². The zero-order valence-corrected chi connectivity index (χ0v) is 14.3. The SMILES string of the molecule is C=CCc1c(Cc2ccccc2)cc(O)c(OC)c1CC(C)C. The Morgan fingerprint density at radius 3 is 2.43 bits per heavy atom. The molecule has 0 fully saturated rings. The van der Waals surface area contributed by atoms with Crippen molar-refractivity contribution in [1.82, 2.24) is 0 Å². The van der Waals surface area contributed by atoms with Crippen molar-refractivity contribution < 1.29 is 9.84 Å². The first kappa shape index (κ1) is 17.1. The van der Waals surface area contributed by atoms with Crippen LogP contribution in [-0.4, -0.2) is 12.2 Å². The number of phenolic OH excluding ortho intramolecular Hbond substituents is 1. The first-order valence-electron chi connectivity index (χ1n) is 8.12. The molecule has 0 aromatic heterocycles. The van der Waals surface area contributed by atoms with Crippen molar-refractivity contribution in [2.45, 2.75) is 33.1 Å². The van der Waals surface area contributed by atoms with E-state index in [-0.39, 0.29) is 5.75 Å². The Morgan fingerprint density at radius 1 is 1.17 bits per heavy atom. The van der Waals surface area contributed by atoms with Crippen LogP contribution >= 0.6 is 0 Å². The summed E-state index contributed by atoms with van der Waals surface area (Å²) in [4.78, 5) is 0. The minimum absolute atomic E-state index is 0.224. The molecule has 0 radical (unpaired) electrons. The maximum Gasteiger partial charge on any atom is 0.163 e. The lowest BCUT2D eigenvalue weighted by atomic mass is 9.88. The molecule has 0 saturated heterocycles. The van der Waals surface area contributed by atoms with Crippen molar-refractivity contribution in [2.75, 3.05) is 7.11 Å². The van der Waals surface area contributed by atoms with Crippen LogP contribution in [0.4, 0.5) is 0 Å². The van der Waals surface area contributed by atoms with E-state index < -0.39 is 0 Å². The van der Waals surface area contributed by atoms with Gasteiger partial charge in [-0.2, -0.15) is 0 Å². The van der Waals surface area contributed by atoms with E-state index in [9.17, 15) is 5.11 Å². The second-order valence-corrected chi connectivity index (χ2v) is 6.30. The standard InChI is InChI=1S/C21H26O2/c1-5-9-18-17(13-16-10-7-6-8-11-16)14-20(22)21(23-4)19(18)12-15(2)3/h5-8,10-11,14-15,22H,1,9,12-13H2,2-4H3. The van der Waals surface area contributed by atoms with Crippen LogP contribution in [0.2, 0.25) is 0 Å². The molecule has 0 aliphatic heterocycles. The van der Waals surface area contributed by atoms with Gasteiger partial charge in [-0.15, -0.1) is 6.58 Å². The molecule has 0 aliphatic carbocycles. The van der Waals surface area contributed by atoms with Crippen LogP contribution in [0.3, 0.4) is 0 Å². The summed E-state index contributed by atoms with van der Waals surface area (Å²) in [5, 5.41) is 10.4. The Balaban J connectivity index is 2.56. The summed E-state index contributed by atoms with van der Waals surface area (Å²) >= 11 is 0. The maximum absolute atomic E-state index is 10.4. The number of ether oxygens (including phenoxy) is 1. The molecule has 2 heteroatoms. The van der Waals surface area contributed by atoms with Gasteiger partial charge in [-0.25, -0.2) is 0 Å². The summed E-state index contributed by atoms with van der Waals surface area (Å²) in [6, 6.07) is 12.2. The lowest BCUT2D eigenvalue weighted by molar-refractivity contribution is 0.366. The van der Waals surface area contributed by atoms with E-state index in [4.69, 9.17) is 4.74 Å². The minimum atomic E-state index is 0.224. The van der Waals surface area contributed by atoms with Crippen LogP contribution in [0.1, 0.15) is 36.1 Å². The average molecular weight is 310 g/mol. The number of rotatable bonds is 7. The van der Waals surface area contributed by atoms with E-state index in [1.54, 1.807) is 7.11 Å². The monoisotopic (exact) mass is 310 g/mol. The van der Waals surface area contributed by atoms with Gasteiger partial charge in [0.1, 0.15) is 0 Å². The maximum atomic E-state index is 10.4. The molecule has 2 rings (SSSR count). The molecule has 0 spiro atoms. The highest BCUT2D eigenvalue weighted by molar-refractivity contribution is 5.55. The number of aromatic hydroxyl groups is 1. The van der Waals surface area contributed by atoms with Crippen molar-refractivity contribution in [1.29, 1.82) is 0 Å². The van der Waals surface area contributed by atoms with Gasteiger partial charge < -0.3 is 9.84 Å². The fourth-order valence-electron chi connectivity index (χ4n) is 3.03. The van der Waals surface area contributed by atoms with Crippen molar-refractivity contribution in [3.63, 3.8) is 0 Å². The van der Waals surface area contributed by atoms with Gasteiger partial charge in [0.2, 0.25) is 0 Å². The predicted octanol–water partition coefficient (Wildman–Crippen LogP) is 4.92. The predicted molar refractivity (Wildman–Crippen MR) is 96.3 cm³/mol. The fraction of sp³-hybridized carbons (Fsp3) is 0.333. The molecule has 0 atom stereocenters. The minimum Gasteiger partial charge on any atom is -0.504 e. The van der Waals surface area contributed by atoms with Crippen LogP contribution in [0.15, 0.2) is 49.1 Å². The fourth-order valence-corrected chi connectivity index (χ4v) is 3.03. The summed E-state index contributed by atoms with van der Waals surface area (Å²) < 4.78 is 5.48. The van der Waals surface area contributed by atoms with Gasteiger partial charge in [-0.05, 0) is 47.9 Å². The summed E-state index contributed by atoms with van der Waals surface area (Å²) in [6.45, 7) is 8.26. The summed E-state index contributed by atoms with van der Waals surface area (Å²) in [5.74, 6) is 1.31. The number of hydrogen-bond acceptors (Lipinski definition) is 2. The van der Waals surface area contributed by atoms with Crippen LogP contribution in [0, 0.1) is 5.92 Å². The Hall–Kier alpha value is -2.22. The third-order valence-electron chi connectivity index (χ3n) is 3.97. The van der Waals surface area contributed by atoms with E-state index >= 15 is 0 Å². The molecular formula is C21H26O2. The first-order valence-corrected chi connectivity index (χ1v) is 8.12. The topological polar surface area (TPSA) is 29.5 Å². The number of hydrogen-bond donors (Lipinski definition) is 1. The molecule has 0 bridgehead atoms. The zero-order valence-electron chi connectivity index (χ0n) is 14.3. The van der Waals surface area contributed by atoms with E-state index in [1.807, 2.05) is 30.3 Å². The highest BCUT2D eigenvalue weighted by Gasteiger charge is 2.19. The molecule has 0 saturated carbocycles. The van der Waals surface area contributed by atoms with Gasteiger partial charge in [0.15, 0.2) is 11.5 Å². The lowest BCUT2D eigenvalue weighted by Gasteiger charge is -2.20. The first-order chi connectivity index (χ1) is 11.1.